The number of halogens is 1. The normalized spacial score (nSPS) is 14.9. The number of benzene rings is 2. The van der Waals surface area contributed by atoms with Gasteiger partial charge in [0.25, 0.3) is 0 Å². The number of hydrogen-bond acceptors (Lipinski definition) is 5. The summed E-state index contributed by atoms with van der Waals surface area (Å²) in [6, 6.07) is 18.9. The van der Waals surface area contributed by atoms with E-state index in [2.05, 4.69) is 9.98 Å². The number of hydrogen-bond donors (Lipinski definition) is 0. The summed E-state index contributed by atoms with van der Waals surface area (Å²) in [7, 11) is 0. The van der Waals surface area contributed by atoms with E-state index in [4.69, 9.17) is 16.3 Å². The third-order valence-electron chi connectivity index (χ3n) is 4.03. The molecule has 0 aliphatic carbocycles. The van der Waals surface area contributed by atoms with Crippen LogP contribution in [0, 0.1) is 6.92 Å². The molecule has 0 saturated heterocycles. The van der Waals surface area contributed by atoms with Crippen molar-refractivity contribution in [3.05, 3.63) is 94.3 Å². The molecule has 138 valence electrons. The molecule has 6 heteroatoms. The van der Waals surface area contributed by atoms with Crippen molar-refractivity contribution in [1.82, 2.24) is 4.98 Å². The number of nitrogens with zero attached hydrogens (tertiary/aromatic N) is 2. The molecule has 0 spiro atoms. The second-order valence-electron chi connectivity index (χ2n) is 6.16. The quantitative estimate of drug-likeness (QED) is 0.421. The fourth-order valence-electron chi connectivity index (χ4n) is 2.59. The van der Waals surface area contributed by atoms with E-state index in [1.807, 2.05) is 61.5 Å². The SMILES string of the molecule is Cc1ccc(C=C2N=C(c3cccnc3Sc3ccc(Cl)cc3)OC2=O)cc1. The van der Waals surface area contributed by atoms with Crippen LogP contribution in [0.2, 0.25) is 5.02 Å². The van der Waals surface area contributed by atoms with Crippen molar-refractivity contribution in [3.63, 3.8) is 0 Å². The molecule has 4 nitrogen and oxygen atoms in total. The van der Waals surface area contributed by atoms with Crippen LogP contribution in [0.25, 0.3) is 6.08 Å². The van der Waals surface area contributed by atoms with Gasteiger partial charge < -0.3 is 4.74 Å². The number of esters is 1. The molecule has 0 bridgehead atoms. The summed E-state index contributed by atoms with van der Waals surface area (Å²) in [6.45, 7) is 2.01. The van der Waals surface area contributed by atoms with Gasteiger partial charge in [-0.25, -0.2) is 14.8 Å². The molecule has 2 aromatic carbocycles. The van der Waals surface area contributed by atoms with Crippen LogP contribution in [0.3, 0.4) is 0 Å². The fourth-order valence-corrected chi connectivity index (χ4v) is 3.59. The second kappa shape index (κ2) is 8.00. The predicted molar refractivity (Wildman–Crippen MR) is 112 cm³/mol. The first-order chi connectivity index (χ1) is 13.6. The zero-order chi connectivity index (χ0) is 19.5. The van der Waals surface area contributed by atoms with E-state index < -0.39 is 5.97 Å². The molecule has 28 heavy (non-hydrogen) atoms. The molecule has 0 unspecified atom stereocenters. The van der Waals surface area contributed by atoms with Gasteiger partial charge in [-0.15, -0.1) is 0 Å². The number of pyridine rings is 1. The van der Waals surface area contributed by atoms with Gasteiger partial charge in [-0.05, 0) is 55.0 Å². The van der Waals surface area contributed by atoms with Crippen LogP contribution >= 0.6 is 23.4 Å². The summed E-state index contributed by atoms with van der Waals surface area (Å²) in [6.07, 6.45) is 3.42. The number of aromatic nitrogens is 1. The first-order valence-electron chi connectivity index (χ1n) is 8.56. The lowest BCUT2D eigenvalue weighted by molar-refractivity contribution is -0.129. The van der Waals surface area contributed by atoms with Crippen LogP contribution in [-0.2, 0) is 9.53 Å². The van der Waals surface area contributed by atoms with Crippen molar-refractivity contribution < 1.29 is 9.53 Å². The van der Waals surface area contributed by atoms with Crippen LogP contribution in [-0.4, -0.2) is 16.9 Å². The summed E-state index contributed by atoms with van der Waals surface area (Å²) < 4.78 is 5.42. The number of aryl methyl sites for hydroxylation is 1. The first-order valence-corrected chi connectivity index (χ1v) is 9.76. The maximum absolute atomic E-state index is 12.3. The lowest BCUT2D eigenvalue weighted by atomic mass is 10.1. The van der Waals surface area contributed by atoms with Gasteiger partial charge in [0.15, 0.2) is 5.70 Å². The van der Waals surface area contributed by atoms with E-state index in [-0.39, 0.29) is 11.6 Å². The molecule has 1 aliphatic rings. The van der Waals surface area contributed by atoms with Crippen molar-refractivity contribution in [2.45, 2.75) is 16.8 Å². The van der Waals surface area contributed by atoms with Crippen molar-refractivity contribution in [2.75, 3.05) is 0 Å². The van der Waals surface area contributed by atoms with Crippen molar-refractivity contribution in [1.29, 1.82) is 0 Å². The number of carbonyl (C=O) groups is 1. The summed E-state index contributed by atoms with van der Waals surface area (Å²) in [5.74, 6) is -0.213. The van der Waals surface area contributed by atoms with Crippen LogP contribution in [0.15, 0.2) is 87.5 Å². The standard InChI is InChI=1S/C22H15ClN2O2S/c1-14-4-6-15(7-5-14)13-19-22(26)27-20(25-19)18-3-2-12-24-21(18)28-17-10-8-16(23)9-11-17/h2-13H,1H3. The topological polar surface area (TPSA) is 51.6 Å². The van der Waals surface area contributed by atoms with Gasteiger partial charge in [-0.3, -0.25) is 0 Å². The van der Waals surface area contributed by atoms with E-state index in [9.17, 15) is 4.79 Å². The van der Waals surface area contributed by atoms with Crippen molar-refractivity contribution >= 4 is 41.3 Å². The monoisotopic (exact) mass is 406 g/mol. The Hall–Kier alpha value is -2.89. The maximum Gasteiger partial charge on any atom is 0.363 e. The molecule has 1 aromatic heterocycles. The van der Waals surface area contributed by atoms with Crippen LogP contribution in [0.4, 0.5) is 0 Å². The van der Waals surface area contributed by atoms with Gasteiger partial charge in [0, 0.05) is 16.1 Å². The number of carbonyl (C=O) groups excluding carboxylic acids is 1. The van der Waals surface area contributed by atoms with Crippen LogP contribution < -0.4 is 0 Å². The Bertz CT molecular complexity index is 1090. The van der Waals surface area contributed by atoms with Gasteiger partial charge in [-0.1, -0.05) is 53.2 Å². The molecule has 0 N–H and O–H groups in total. The van der Waals surface area contributed by atoms with Crippen molar-refractivity contribution in [2.24, 2.45) is 4.99 Å². The lowest BCUT2D eigenvalue weighted by Gasteiger charge is -2.06. The maximum atomic E-state index is 12.3. The minimum absolute atomic E-state index is 0.257. The number of ether oxygens (including phenoxy) is 1. The van der Waals surface area contributed by atoms with E-state index in [1.54, 1.807) is 18.3 Å². The van der Waals surface area contributed by atoms with E-state index in [1.165, 1.54) is 11.8 Å². The highest BCUT2D eigenvalue weighted by atomic mass is 35.5. The highest BCUT2D eigenvalue weighted by molar-refractivity contribution is 7.99. The number of cyclic esters (lactones) is 1. The van der Waals surface area contributed by atoms with Crippen LogP contribution in [0.5, 0.6) is 0 Å². The minimum Gasteiger partial charge on any atom is -0.402 e. The van der Waals surface area contributed by atoms with Gasteiger partial charge in [0.2, 0.25) is 5.90 Å². The summed E-state index contributed by atoms with van der Waals surface area (Å²) >= 11 is 7.41. The summed E-state index contributed by atoms with van der Waals surface area (Å²) in [5.41, 5.74) is 2.98. The molecule has 0 radical (unpaired) electrons. The highest BCUT2D eigenvalue weighted by Gasteiger charge is 2.26. The third kappa shape index (κ3) is 4.16. The minimum atomic E-state index is -0.470. The predicted octanol–water partition coefficient (Wildman–Crippen LogP) is 5.54. The second-order valence-corrected chi connectivity index (χ2v) is 7.66. The fraction of sp³-hybridized carbons (Fsp3) is 0.0455. The summed E-state index contributed by atoms with van der Waals surface area (Å²) in [4.78, 5) is 22.1. The largest absolute Gasteiger partial charge is 0.402 e. The molecule has 2 heterocycles. The Morgan fingerprint density at radius 3 is 2.54 bits per heavy atom. The van der Waals surface area contributed by atoms with Crippen LogP contribution in [0.1, 0.15) is 16.7 Å². The van der Waals surface area contributed by atoms with Gasteiger partial charge in [0.05, 0.1) is 5.56 Å². The molecule has 1 aliphatic heterocycles. The Labute approximate surface area is 171 Å². The molecule has 3 aromatic rings. The highest BCUT2D eigenvalue weighted by Crippen LogP contribution is 2.31. The van der Waals surface area contributed by atoms with E-state index in [0.29, 0.717) is 15.6 Å². The van der Waals surface area contributed by atoms with Gasteiger partial charge in [0.1, 0.15) is 5.03 Å². The van der Waals surface area contributed by atoms with Gasteiger partial charge >= 0.3 is 5.97 Å². The molecule has 4 rings (SSSR count). The molecule has 0 fully saturated rings. The number of rotatable bonds is 4. The third-order valence-corrected chi connectivity index (χ3v) is 5.31. The summed E-state index contributed by atoms with van der Waals surface area (Å²) in [5, 5.41) is 1.37. The number of aliphatic imine (C=N–C) groups is 1. The lowest BCUT2D eigenvalue weighted by Crippen LogP contribution is -2.07. The smallest absolute Gasteiger partial charge is 0.363 e. The van der Waals surface area contributed by atoms with Gasteiger partial charge in [-0.2, -0.15) is 0 Å². The molecule has 0 atom stereocenters. The average molecular weight is 407 g/mol. The van der Waals surface area contributed by atoms with Crippen molar-refractivity contribution in [3.8, 4) is 0 Å². The molecule has 0 amide bonds. The molecule has 0 saturated carbocycles. The van der Waals surface area contributed by atoms with E-state index >= 15 is 0 Å². The Morgan fingerprint density at radius 1 is 1.04 bits per heavy atom. The molecular weight excluding hydrogens is 392 g/mol. The average Bonchev–Trinajstić information content (AvgIpc) is 3.06. The zero-order valence-corrected chi connectivity index (χ0v) is 16.5. The molecular formula is C22H15ClN2O2S. The Kier molecular flexibility index (Phi) is 5.28. The Morgan fingerprint density at radius 2 is 1.79 bits per heavy atom. The first kappa shape index (κ1) is 18.5. The Balaban J connectivity index is 1.65. The van der Waals surface area contributed by atoms with E-state index in [0.717, 1.165) is 16.0 Å². The zero-order valence-electron chi connectivity index (χ0n) is 14.9.